The summed E-state index contributed by atoms with van der Waals surface area (Å²) in [6, 6.07) is 2.70. The Balaban J connectivity index is 1.26. The van der Waals surface area contributed by atoms with Gasteiger partial charge in [-0.25, -0.2) is 9.89 Å². The number of carbonyl (C=O) groups is 2. The first-order valence-electron chi connectivity index (χ1n) is 13.8. The summed E-state index contributed by atoms with van der Waals surface area (Å²) in [6.45, 7) is 5.60. The minimum Gasteiger partial charge on any atom is -0.492 e. The van der Waals surface area contributed by atoms with Gasteiger partial charge in [-0.05, 0) is 37.3 Å². The topological polar surface area (TPSA) is 213 Å². The molecule has 1 aromatic rings. The van der Waals surface area contributed by atoms with Crippen molar-refractivity contribution in [3.63, 3.8) is 0 Å². The molecule has 216 valence electrons. The monoisotopic (exact) mass is 557 g/mol. The van der Waals surface area contributed by atoms with Crippen LogP contribution in [0.3, 0.4) is 0 Å². The van der Waals surface area contributed by atoms with Crippen molar-refractivity contribution in [1.82, 2.24) is 26.6 Å². The quantitative estimate of drug-likeness (QED) is 0.123. The number of nitrogens with two attached hydrogens (primary N) is 2. The number of amides is 2. The lowest BCUT2D eigenvalue weighted by Gasteiger charge is -2.41. The average Bonchev–Trinajstić information content (AvgIpc) is 3.61. The molecule has 2 amide bonds. The van der Waals surface area contributed by atoms with Gasteiger partial charge < -0.3 is 30.9 Å². The molecule has 0 bridgehead atoms. The van der Waals surface area contributed by atoms with Gasteiger partial charge in [-0.2, -0.15) is 0 Å². The number of carbonyl (C=O) groups excluding carboxylic acids is 2. The molecule has 14 heteroatoms. The Kier molecular flexibility index (Phi) is 6.12. The molecular formula is C26H39N9O5+2. The van der Waals surface area contributed by atoms with Gasteiger partial charge >= 0.3 is 11.9 Å². The Labute approximate surface area is 231 Å². The molecule has 5 aliphatic rings. The normalized spacial score (nSPS) is 33.0. The van der Waals surface area contributed by atoms with E-state index in [9.17, 15) is 19.8 Å². The fourth-order valence-electron chi connectivity index (χ4n) is 6.84. The van der Waals surface area contributed by atoms with E-state index in [2.05, 4.69) is 45.4 Å². The van der Waals surface area contributed by atoms with Crippen LogP contribution in [0.1, 0.15) is 49.0 Å². The van der Waals surface area contributed by atoms with Crippen molar-refractivity contribution in [2.75, 3.05) is 26.2 Å². The fourth-order valence-corrected chi connectivity index (χ4v) is 6.84. The highest BCUT2D eigenvalue weighted by Gasteiger charge is 2.78. The van der Waals surface area contributed by atoms with Crippen LogP contribution in [0.5, 0.6) is 5.75 Å². The highest BCUT2D eigenvalue weighted by Crippen LogP contribution is 2.41. The maximum Gasteiger partial charge on any atom is 0.347 e. The predicted octanol–water partition coefficient (Wildman–Crippen LogP) is -5.23. The molecule has 1 spiro atoms. The van der Waals surface area contributed by atoms with E-state index in [1.807, 2.05) is 6.07 Å². The number of ether oxygens (including phenoxy) is 1. The molecule has 0 saturated carbocycles. The fraction of sp³-hybridized carbons (Fsp3) is 0.615. The molecule has 14 nitrogen and oxygen atoms in total. The first-order valence-corrected chi connectivity index (χ1v) is 13.8. The molecule has 1 aromatic carbocycles. The molecule has 5 aliphatic heterocycles. The number of rotatable bonds is 5. The van der Waals surface area contributed by atoms with Gasteiger partial charge in [-0.3, -0.25) is 31.4 Å². The van der Waals surface area contributed by atoms with Crippen LogP contribution in [-0.2, 0) is 10.2 Å². The lowest BCUT2D eigenvalue weighted by Crippen LogP contribution is -2.92. The van der Waals surface area contributed by atoms with Crippen LogP contribution in [0, 0.1) is 0 Å². The van der Waals surface area contributed by atoms with Crippen molar-refractivity contribution in [2.45, 2.75) is 74.1 Å². The molecule has 1 unspecified atom stereocenters. The lowest BCUT2D eigenvalue weighted by molar-refractivity contribution is -0.674. The maximum atomic E-state index is 13.6. The number of para-hydroxylation sites is 1. The number of fused-ring (bicyclic) bond motifs is 1. The first kappa shape index (κ1) is 26.6. The van der Waals surface area contributed by atoms with Gasteiger partial charge in [0.25, 0.3) is 17.4 Å². The molecule has 5 heterocycles. The van der Waals surface area contributed by atoms with E-state index in [1.54, 1.807) is 16.7 Å². The van der Waals surface area contributed by atoms with Crippen LogP contribution in [0.2, 0.25) is 0 Å². The van der Waals surface area contributed by atoms with Crippen LogP contribution in [-0.4, -0.2) is 100 Å². The second-order valence-electron chi connectivity index (χ2n) is 12.0. The molecule has 6 rings (SSSR count). The van der Waals surface area contributed by atoms with Crippen molar-refractivity contribution < 1.29 is 34.1 Å². The number of guanidine groups is 2. The zero-order chi connectivity index (χ0) is 28.4. The molecule has 12 N–H and O–H groups in total. The Morgan fingerprint density at radius 3 is 2.83 bits per heavy atom. The van der Waals surface area contributed by atoms with Crippen LogP contribution in [0.4, 0.5) is 0 Å². The van der Waals surface area contributed by atoms with Crippen molar-refractivity contribution in [2.24, 2.45) is 11.5 Å². The second kappa shape index (κ2) is 9.21. The van der Waals surface area contributed by atoms with E-state index in [1.165, 1.54) is 0 Å². The molecule has 0 radical (unpaired) electrons. The van der Waals surface area contributed by atoms with Crippen LogP contribution in [0.15, 0.2) is 18.2 Å². The van der Waals surface area contributed by atoms with Gasteiger partial charge in [0, 0.05) is 5.56 Å². The molecular weight excluding hydrogens is 518 g/mol. The molecule has 2 saturated heterocycles. The SMILES string of the molecule is CC1(C)CCOc2c(C(=O)NC3C[N+]4=C(N)N[C@@H](CNC(=O)[C@@H]5CCCN5)[C@@H]5[NH+]=C(N)N[C@@]54C3(O)O)cccc21. The standard InChI is InChI=1S/C26H37N9O5/c1-24(2)8-10-40-18-13(5-3-6-14(18)24)20(36)32-17-12-35-23(28)31-16(11-30-21(37)15-7-4-9-29-15)19-25(35,26(17,38)39)34-22(27)33-19/h3,5-6,15-17,19,29,38-39H,4,7-12H2,1-2H3,(H7,27,28,30,31,32,33,34,36,37)/p+2/t15-,16-,17?,19-,25-/m0/s1. The summed E-state index contributed by atoms with van der Waals surface area (Å²) in [5.74, 6) is -2.38. The molecule has 40 heavy (non-hydrogen) atoms. The van der Waals surface area contributed by atoms with E-state index in [0.29, 0.717) is 17.9 Å². The zero-order valence-electron chi connectivity index (χ0n) is 22.7. The van der Waals surface area contributed by atoms with Crippen molar-refractivity contribution in [1.29, 1.82) is 0 Å². The van der Waals surface area contributed by atoms with Crippen LogP contribution in [0.25, 0.3) is 0 Å². The summed E-state index contributed by atoms with van der Waals surface area (Å²) in [5.41, 5.74) is 12.0. The third-order valence-electron chi connectivity index (χ3n) is 9.09. The summed E-state index contributed by atoms with van der Waals surface area (Å²) in [5, 5.41) is 38.5. The van der Waals surface area contributed by atoms with Crippen LogP contribution >= 0.6 is 0 Å². The number of benzene rings is 1. The third-order valence-corrected chi connectivity index (χ3v) is 9.09. The molecule has 0 aromatic heterocycles. The Morgan fingerprint density at radius 2 is 2.08 bits per heavy atom. The van der Waals surface area contributed by atoms with E-state index in [-0.39, 0.29) is 42.4 Å². The highest BCUT2D eigenvalue weighted by atomic mass is 16.5. The predicted molar refractivity (Wildman–Crippen MR) is 143 cm³/mol. The van der Waals surface area contributed by atoms with Crippen LogP contribution < -0.4 is 47.8 Å². The van der Waals surface area contributed by atoms with Gasteiger partial charge in [0.05, 0.1) is 31.3 Å². The van der Waals surface area contributed by atoms with E-state index < -0.39 is 35.5 Å². The van der Waals surface area contributed by atoms with E-state index in [4.69, 9.17) is 16.2 Å². The second-order valence-corrected chi connectivity index (χ2v) is 12.0. The molecule has 0 aliphatic carbocycles. The van der Waals surface area contributed by atoms with Gasteiger partial charge in [0.15, 0.2) is 6.04 Å². The zero-order valence-corrected chi connectivity index (χ0v) is 22.7. The Bertz CT molecular complexity index is 1310. The maximum absolute atomic E-state index is 13.6. The minimum atomic E-state index is -2.53. The smallest absolute Gasteiger partial charge is 0.347 e. The summed E-state index contributed by atoms with van der Waals surface area (Å²) in [4.78, 5) is 29.3. The van der Waals surface area contributed by atoms with Gasteiger partial charge in [0.1, 0.15) is 17.8 Å². The minimum absolute atomic E-state index is 0.0253. The number of aliphatic hydroxyl groups is 2. The summed E-state index contributed by atoms with van der Waals surface area (Å²) < 4.78 is 7.47. The van der Waals surface area contributed by atoms with Gasteiger partial charge in [-0.15, -0.1) is 0 Å². The average molecular weight is 558 g/mol. The lowest BCUT2D eigenvalue weighted by atomic mass is 9.79. The van der Waals surface area contributed by atoms with Crippen molar-refractivity contribution in [3.05, 3.63) is 29.3 Å². The number of hydrogen-bond acceptors (Lipinski definition) is 10. The summed E-state index contributed by atoms with van der Waals surface area (Å²) in [6.07, 6.45) is 2.50. The number of nitrogens with zero attached hydrogens (tertiary/aromatic N) is 1. The summed E-state index contributed by atoms with van der Waals surface area (Å²) >= 11 is 0. The highest BCUT2D eigenvalue weighted by molar-refractivity contribution is 5.98. The van der Waals surface area contributed by atoms with Gasteiger partial charge in [-0.1, -0.05) is 26.0 Å². The summed E-state index contributed by atoms with van der Waals surface area (Å²) in [7, 11) is 0. The third kappa shape index (κ3) is 3.88. The molecule has 2 fully saturated rings. The first-order chi connectivity index (χ1) is 19.0. The van der Waals surface area contributed by atoms with Gasteiger partial charge in [0.2, 0.25) is 5.91 Å². The largest absolute Gasteiger partial charge is 0.492 e. The van der Waals surface area contributed by atoms with E-state index in [0.717, 1.165) is 31.4 Å². The molecule has 5 atom stereocenters. The van der Waals surface area contributed by atoms with Crippen molar-refractivity contribution in [3.8, 4) is 5.75 Å². The number of hydrogen-bond donors (Lipinski definition) is 10. The van der Waals surface area contributed by atoms with E-state index >= 15 is 0 Å². The Morgan fingerprint density at radius 1 is 1.27 bits per heavy atom. The van der Waals surface area contributed by atoms with Crippen molar-refractivity contribution >= 4 is 23.7 Å². The Hall–Kier alpha value is -3.62. The number of nitrogens with one attached hydrogen (secondary N) is 6.